The van der Waals surface area contributed by atoms with Gasteiger partial charge in [-0.05, 0) is 6.92 Å². The second kappa shape index (κ2) is 3.80. The molecule has 0 aliphatic carbocycles. The lowest BCUT2D eigenvalue weighted by Gasteiger charge is -2.28. The molecule has 0 saturated heterocycles. The van der Waals surface area contributed by atoms with Crippen molar-refractivity contribution in [2.75, 3.05) is 0 Å². The van der Waals surface area contributed by atoms with Gasteiger partial charge in [-0.15, -0.1) is 0 Å². The summed E-state index contributed by atoms with van der Waals surface area (Å²) in [5, 5.41) is 0. The normalized spacial score (nSPS) is 15.8. The van der Waals surface area contributed by atoms with Crippen molar-refractivity contribution in [3.63, 3.8) is 0 Å². The third-order valence-corrected chi connectivity index (χ3v) is 1.63. The van der Waals surface area contributed by atoms with E-state index in [9.17, 15) is 26.3 Å². The first-order valence-electron chi connectivity index (χ1n) is 3.52. The standard InChI is InChI=1S/C7H9F6N/c1-3(2)4(14)5(6(8,9)10)7(11,12)13/h4-5H,1,14H2,2H3. The van der Waals surface area contributed by atoms with Gasteiger partial charge >= 0.3 is 12.4 Å². The molecule has 1 nitrogen and oxygen atoms in total. The molecule has 0 aliphatic rings. The van der Waals surface area contributed by atoms with Crippen molar-refractivity contribution < 1.29 is 26.3 Å². The first kappa shape index (κ1) is 13.3. The van der Waals surface area contributed by atoms with Gasteiger partial charge in [0.25, 0.3) is 0 Å². The van der Waals surface area contributed by atoms with Gasteiger partial charge in [-0.2, -0.15) is 26.3 Å². The number of rotatable bonds is 2. The maximum Gasteiger partial charge on any atom is 0.402 e. The Morgan fingerprint density at radius 3 is 1.43 bits per heavy atom. The van der Waals surface area contributed by atoms with E-state index in [0.29, 0.717) is 0 Å². The molecule has 84 valence electrons. The smallest absolute Gasteiger partial charge is 0.323 e. The van der Waals surface area contributed by atoms with Crippen molar-refractivity contribution in [3.05, 3.63) is 12.2 Å². The third kappa shape index (κ3) is 3.21. The highest BCUT2D eigenvalue weighted by Crippen LogP contribution is 2.41. The molecule has 0 radical (unpaired) electrons. The molecule has 0 fully saturated rings. The van der Waals surface area contributed by atoms with Gasteiger partial charge in [0, 0.05) is 6.04 Å². The molecule has 0 heterocycles. The lowest BCUT2D eigenvalue weighted by atomic mass is 9.94. The second-order valence-corrected chi connectivity index (χ2v) is 2.93. The molecule has 1 atom stereocenters. The van der Waals surface area contributed by atoms with Crippen LogP contribution in [0.15, 0.2) is 12.2 Å². The zero-order valence-corrected chi connectivity index (χ0v) is 7.21. The Bertz CT molecular complexity index is 201. The predicted molar refractivity (Wildman–Crippen MR) is 38.4 cm³/mol. The van der Waals surface area contributed by atoms with E-state index in [0.717, 1.165) is 6.92 Å². The SMILES string of the molecule is C=C(C)C(N)C(C(F)(F)F)C(F)(F)F. The van der Waals surface area contributed by atoms with E-state index in [2.05, 4.69) is 6.58 Å². The minimum atomic E-state index is -5.41. The van der Waals surface area contributed by atoms with Crippen LogP contribution in [0.2, 0.25) is 0 Å². The molecule has 0 aromatic heterocycles. The minimum Gasteiger partial charge on any atom is -0.323 e. The predicted octanol–water partition coefficient (Wildman–Crippen LogP) is 2.63. The molecular formula is C7H9F6N. The summed E-state index contributed by atoms with van der Waals surface area (Å²) in [5.74, 6) is -3.55. The number of halogens is 6. The van der Waals surface area contributed by atoms with Crippen molar-refractivity contribution in [1.82, 2.24) is 0 Å². The molecule has 0 aliphatic heterocycles. The average molecular weight is 221 g/mol. The lowest BCUT2D eigenvalue weighted by molar-refractivity contribution is -0.286. The molecule has 0 aromatic carbocycles. The van der Waals surface area contributed by atoms with E-state index >= 15 is 0 Å². The zero-order valence-electron chi connectivity index (χ0n) is 7.21. The molecule has 0 bridgehead atoms. The Morgan fingerprint density at radius 2 is 1.36 bits per heavy atom. The summed E-state index contributed by atoms with van der Waals surface area (Å²) in [6, 6.07) is -2.16. The summed E-state index contributed by atoms with van der Waals surface area (Å²) in [5.41, 5.74) is 4.44. The van der Waals surface area contributed by atoms with Crippen LogP contribution in [-0.2, 0) is 0 Å². The Morgan fingerprint density at radius 1 is 1.07 bits per heavy atom. The highest BCUT2D eigenvalue weighted by Gasteiger charge is 2.59. The summed E-state index contributed by atoms with van der Waals surface area (Å²) in [6.07, 6.45) is -10.8. The summed E-state index contributed by atoms with van der Waals surface area (Å²) in [6.45, 7) is 4.00. The van der Waals surface area contributed by atoms with Crippen LogP contribution in [0.4, 0.5) is 26.3 Å². The summed E-state index contributed by atoms with van der Waals surface area (Å²) in [4.78, 5) is 0. The highest BCUT2D eigenvalue weighted by molar-refractivity contribution is 5.06. The quantitative estimate of drug-likeness (QED) is 0.563. The minimum absolute atomic E-state index is 0.357. The molecular weight excluding hydrogens is 212 g/mol. The monoisotopic (exact) mass is 221 g/mol. The molecule has 7 heteroatoms. The molecule has 0 saturated carbocycles. The Labute approximate surface area is 76.6 Å². The van der Waals surface area contributed by atoms with Crippen molar-refractivity contribution in [2.24, 2.45) is 11.7 Å². The van der Waals surface area contributed by atoms with Crippen molar-refractivity contribution in [3.8, 4) is 0 Å². The van der Waals surface area contributed by atoms with Crippen LogP contribution in [-0.4, -0.2) is 18.4 Å². The fourth-order valence-corrected chi connectivity index (χ4v) is 0.877. The molecule has 0 aromatic rings. The zero-order chi connectivity index (χ0) is 11.7. The van der Waals surface area contributed by atoms with Gasteiger partial charge in [-0.3, -0.25) is 0 Å². The molecule has 0 rings (SSSR count). The maximum atomic E-state index is 12.0. The molecule has 14 heavy (non-hydrogen) atoms. The van der Waals surface area contributed by atoms with Gasteiger partial charge < -0.3 is 5.73 Å². The number of hydrogen-bond acceptors (Lipinski definition) is 1. The maximum absolute atomic E-state index is 12.0. The number of hydrogen-bond donors (Lipinski definition) is 1. The Hall–Kier alpha value is -0.720. The topological polar surface area (TPSA) is 26.0 Å². The van der Waals surface area contributed by atoms with Crippen LogP contribution in [0.3, 0.4) is 0 Å². The van der Waals surface area contributed by atoms with Gasteiger partial charge in [0.15, 0.2) is 5.92 Å². The number of alkyl halides is 6. The third-order valence-electron chi connectivity index (χ3n) is 1.63. The molecule has 2 N–H and O–H groups in total. The molecule has 0 amide bonds. The van der Waals surface area contributed by atoms with Crippen LogP contribution >= 0.6 is 0 Å². The molecule has 0 spiro atoms. The Kier molecular flexibility index (Phi) is 3.60. The summed E-state index contributed by atoms with van der Waals surface area (Å²) in [7, 11) is 0. The summed E-state index contributed by atoms with van der Waals surface area (Å²) < 4.78 is 71.9. The van der Waals surface area contributed by atoms with E-state index in [-0.39, 0.29) is 5.57 Å². The summed E-state index contributed by atoms with van der Waals surface area (Å²) >= 11 is 0. The van der Waals surface area contributed by atoms with Gasteiger partial charge in [-0.25, -0.2) is 0 Å². The van der Waals surface area contributed by atoms with Crippen LogP contribution < -0.4 is 5.73 Å². The average Bonchev–Trinajstić information content (AvgIpc) is 1.79. The van der Waals surface area contributed by atoms with E-state index < -0.39 is 24.3 Å². The van der Waals surface area contributed by atoms with E-state index in [1.165, 1.54) is 0 Å². The second-order valence-electron chi connectivity index (χ2n) is 2.93. The van der Waals surface area contributed by atoms with Crippen molar-refractivity contribution in [2.45, 2.75) is 25.3 Å². The van der Waals surface area contributed by atoms with Crippen LogP contribution in [0, 0.1) is 5.92 Å². The number of nitrogens with two attached hydrogens (primary N) is 1. The van der Waals surface area contributed by atoms with E-state index in [4.69, 9.17) is 5.73 Å². The van der Waals surface area contributed by atoms with Crippen molar-refractivity contribution >= 4 is 0 Å². The van der Waals surface area contributed by atoms with E-state index in [1.807, 2.05) is 0 Å². The highest BCUT2D eigenvalue weighted by atomic mass is 19.4. The fourth-order valence-electron chi connectivity index (χ4n) is 0.877. The Balaban J connectivity index is 5.03. The molecule has 1 unspecified atom stereocenters. The largest absolute Gasteiger partial charge is 0.402 e. The van der Waals surface area contributed by atoms with Crippen molar-refractivity contribution in [1.29, 1.82) is 0 Å². The van der Waals surface area contributed by atoms with Gasteiger partial charge in [0.1, 0.15) is 0 Å². The fraction of sp³-hybridized carbons (Fsp3) is 0.714. The van der Waals surface area contributed by atoms with Gasteiger partial charge in [0.05, 0.1) is 0 Å². The van der Waals surface area contributed by atoms with Gasteiger partial charge in [0.2, 0.25) is 0 Å². The lowest BCUT2D eigenvalue weighted by Crippen LogP contribution is -2.49. The van der Waals surface area contributed by atoms with Crippen LogP contribution in [0.1, 0.15) is 6.92 Å². The van der Waals surface area contributed by atoms with Gasteiger partial charge in [-0.1, -0.05) is 12.2 Å². The van der Waals surface area contributed by atoms with Crippen LogP contribution in [0.25, 0.3) is 0 Å². The van der Waals surface area contributed by atoms with Crippen LogP contribution in [0.5, 0.6) is 0 Å². The van der Waals surface area contributed by atoms with E-state index in [1.54, 1.807) is 0 Å². The first-order valence-corrected chi connectivity index (χ1v) is 3.52. The first-order chi connectivity index (χ1) is 5.98.